The molecular weight excluding hydrogens is 420 g/mol. The van der Waals surface area contributed by atoms with Crippen LogP contribution in [0.5, 0.6) is 11.5 Å². The Hall–Kier alpha value is -4.15. The van der Waals surface area contributed by atoms with Crippen molar-refractivity contribution in [2.75, 3.05) is 7.11 Å². The maximum Gasteiger partial charge on any atom is 0.343 e. The third-order valence-electron chi connectivity index (χ3n) is 4.29. The fraction of sp³-hybridized carbons (Fsp3) is 0.0435. The molecule has 0 aliphatic rings. The van der Waals surface area contributed by atoms with Gasteiger partial charge in [0.1, 0.15) is 0 Å². The van der Waals surface area contributed by atoms with Gasteiger partial charge in [0.2, 0.25) is 0 Å². The third kappa shape index (κ3) is 5.26. The number of benzene rings is 3. The van der Waals surface area contributed by atoms with Crippen molar-refractivity contribution in [3.05, 3.63) is 98.6 Å². The van der Waals surface area contributed by atoms with Crippen molar-refractivity contribution in [3.8, 4) is 17.6 Å². The number of nitro benzene ring substituents is 1. The highest BCUT2D eigenvalue weighted by molar-refractivity contribution is 6.30. The molecule has 0 fully saturated rings. The number of ether oxygens (including phenoxy) is 2. The van der Waals surface area contributed by atoms with E-state index in [1.807, 2.05) is 0 Å². The lowest BCUT2D eigenvalue weighted by Gasteiger charge is -2.10. The van der Waals surface area contributed by atoms with Gasteiger partial charge in [-0.15, -0.1) is 0 Å². The molecule has 7 nitrogen and oxygen atoms in total. The molecule has 0 N–H and O–H groups in total. The van der Waals surface area contributed by atoms with E-state index in [1.54, 1.807) is 48.5 Å². The van der Waals surface area contributed by atoms with Gasteiger partial charge in [0.15, 0.2) is 11.5 Å². The van der Waals surface area contributed by atoms with Gasteiger partial charge in [-0.1, -0.05) is 29.8 Å². The Bertz CT molecular complexity index is 1200. The van der Waals surface area contributed by atoms with Gasteiger partial charge in [-0.3, -0.25) is 10.1 Å². The molecule has 0 aromatic heterocycles. The minimum absolute atomic E-state index is 0.126. The lowest BCUT2D eigenvalue weighted by Crippen LogP contribution is -2.09. The number of nitro groups is 1. The fourth-order valence-electron chi connectivity index (χ4n) is 2.71. The zero-order valence-corrected chi connectivity index (χ0v) is 17.0. The second-order valence-corrected chi connectivity index (χ2v) is 6.72. The molecule has 31 heavy (non-hydrogen) atoms. The van der Waals surface area contributed by atoms with Crippen LogP contribution in [0.25, 0.3) is 11.6 Å². The van der Waals surface area contributed by atoms with Crippen LogP contribution >= 0.6 is 11.6 Å². The number of non-ortho nitro benzene ring substituents is 1. The zero-order chi connectivity index (χ0) is 22.4. The number of halogens is 1. The van der Waals surface area contributed by atoms with Gasteiger partial charge in [-0.25, -0.2) is 4.79 Å². The number of nitrogens with zero attached hydrogens (tertiary/aromatic N) is 2. The van der Waals surface area contributed by atoms with E-state index in [1.165, 1.54) is 31.4 Å². The summed E-state index contributed by atoms with van der Waals surface area (Å²) in [6, 6.07) is 19.0. The monoisotopic (exact) mass is 434 g/mol. The van der Waals surface area contributed by atoms with Crippen molar-refractivity contribution in [1.82, 2.24) is 0 Å². The van der Waals surface area contributed by atoms with Crippen LogP contribution in [0.3, 0.4) is 0 Å². The average molecular weight is 435 g/mol. The highest BCUT2D eigenvalue weighted by Crippen LogP contribution is 2.31. The molecule has 0 radical (unpaired) electrons. The van der Waals surface area contributed by atoms with E-state index < -0.39 is 10.9 Å². The van der Waals surface area contributed by atoms with E-state index in [-0.39, 0.29) is 22.7 Å². The van der Waals surface area contributed by atoms with E-state index in [0.29, 0.717) is 21.7 Å². The van der Waals surface area contributed by atoms with Gasteiger partial charge >= 0.3 is 5.97 Å². The van der Waals surface area contributed by atoms with Crippen molar-refractivity contribution in [2.45, 2.75) is 0 Å². The molecule has 3 rings (SSSR count). The van der Waals surface area contributed by atoms with Gasteiger partial charge in [0.25, 0.3) is 5.69 Å². The number of carbonyl (C=O) groups excluding carboxylic acids is 1. The molecule has 154 valence electrons. The summed E-state index contributed by atoms with van der Waals surface area (Å²) in [4.78, 5) is 22.6. The number of methoxy groups -OCH3 is 1. The molecule has 0 aliphatic carbocycles. The summed E-state index contributed by atoms with van der Waals surface area (Å²) in [5.74, 6) is -0.222. The van der Waals surface area contributed by atoms with Crippen molar-refractivity contribution < 1.29 is 19.2 Å². The van der Waals surface area contributed by atoms with Crippen molar-refractivity contribution in [3.63, 3.8) is 0 Å². The van der Waals surface area contributed by atoms with Crippen LogP contribution in [0.2, 0.25) is 5.02 Å². The quantitative estimate of drug-likeness (QED) is 0.126. The molecule has 0 amide bonds. The minimum atomic E-state index is -0.685. The minimum Gasteiger partial charge on any atom is -0.493 e. The highest BCUT2D eigenvalue weighted by atomic mass is 35.5. The molecule has 0 saturated carbocycles. The van der Waals surface area contributed by atoms with Crippen LogP contribution in [0.4, 0.5) is 5.69 Å². The van der Waals surface area contributed by atoms with E-state index >= 15 is 0 Å². The number of nitriles is 1. The number of carbonyl (C=O) groups is 1. The smallest absolute Gasteiger partial charge is 0.343 e. The molecular formula is C23H15ClN2O5. The fourth-order valence-corrected chi connectivity index (χ4v) is 2.84. The SMILES string of the molecule is COc1cc(C=C(C#N)c2ccc(Cl)cc2)ccc1OC(=O)c1ccc([N+](=O)[O-])cc1. The van der Waals surface area contributed by atoms with Gasteiger partial charge in [0, 0.05) is 17.2 Å². The molecule has 0 atom stereocenters. The van der Waals surface area contributed by atoms with E-state index in [2.05, 4.69) is 6.07 Å². The van der Waals surface area contributed by atoms with Crippen molar-refractivity contribution in [2.24, 2.45) is 0 Å². The highest BCUT2D eigenvalue weighted by Gasteiger charge is 2.15. The molecule has 0 aliphatic heterocycles. The summed E-state index contributed by atoms with van der Waals surface area (Å²) in [5.41, 5.74) is 1.83. The molecule has 0 bridgehead atoms. The first-order valence-electron chi connectivity index (χ1n) is 8.93. The van der Waals surface area contributed by atoms with E-state index in [4.69, 9.17) is 21.1 Å². The molecule has 0 unspecified atom stereocenters. The molecule has 3 aromatic rings. The Morgan fingerprint density at radius 1 is 1.03 bits per heavy atom. The Balaban J connectivity index is 1.84. The summed E-state index contributed by atoms with van der Waals surface area (Å²) < 4.78 is 10.7. The summed E-state index contributed by atoms with van der Waals surface area (Å²) in [5, 5.41) is 20.8. The number of hydrogen-bond donors (Lipinski definition) is 0. The van der Waals surface area contributed by atoms with Crippen LogP contribution in [0.1, 0.15) is 21.5 Å². The molecule has 0 saturated heterocycles. The number of rotatable bonds is 6. The van der Waals surface area contributed by atoms with Crippen LogP contribution in [-0.2, 0) is 0 Å². The largest absolute Gasteiger partial charge is 0.493 e. The number of allylic oxidation sites excluding steroid dienone is 1. The molecule has 0 heterocycles. The van der Waals surface area contributed by atoms with Gasteiger partial charge in [0.05, 0.1) is 29.2 Å². The molecule has 3 aromatic carbocycles. The molecule has 0 spiro atoms. The number of hydrogen-bond acceptors (Lipinski definition) is 6. The van der Waals surface area contributed by atoms with Gasteiger partial charge in [-0.2, -0.15) is 5.26 Å². The second kappa shape index (κ2) is 9.57. The first-order chi connectivity index (χ1) is 14.9. The van der Waals surface area contributed by atoms with Crippen molar-refractivity contribution in [1.29, 1.82) is 5.26 Å². The maximum atomic E-state index is 12.4. The Labute approximate surface area is 182 Å². The summed E-state index contributed by atoms with van der Waals surface area (Å²) in [6.45, 7) is 0. The normalized spacial score (nSPS) is 10.8. The lowest BCUT2D eigenvalue weighted by atomic mass is 10.0. The third-order valence-corrected chi connectivity index (χ3v) is 4.54. The van der Waals surface area contributed by atoms with Crippen LogP contribution in [-0.4, -0.2) is 18.0 Å². The first kappa shape index (κ1) is 21.6. The average Bonchev–Trinajstić information content (AvgIpc) is 2.79. The lowest BCUT2D eigenvalue weighted by molar-refractivity contribution is -0.384. The maximum absolute atomic E-state index is 12.4. The predicted octanol–water partition coefficient (Wildman–Crippen LogP) is 5.54. The summed E-state index contributed by atoms with van der Waals surface area (Å²) in [6.07, 6.45) is 1.67. The topological polar surface area (TPSA) is 102 Å². The zero-order valence-electron chi connectivity index (χ0n) is 16.2. The summed E-state index contributed by atoms with van der Waals surface area (Å²) >= 11 is 5.89. The standard InChI is InChI=1S/C23H15ClN2O5/c1-30-22-13-15(12-18(14-25)16-3-7-19(24)8-4-16)2-11-21(22)31-23(27)17-5-9-20(10-6-17)26(28)29/h2-13H,1H3. The van der Waals surface area contributed by atoms with E-state index in [0.717, 1.165) is 0 Å². The van der Waals surface area contributed by atoms with Crippen LogP contribution in [0.15, 0.2) is 66.7 Å². The van der Waals surface area contributed by atoms with Gasteiger partial charge < -0.3 is 9.47 Å². The van der Waals surface area contributed by atoms with Crippen LogP contribution < -0.4 is 9.47 Å². The Morgan fingerprint density at radius 3 is 2.26 bits per heavy atom. The predicted molar refractivity (Wildman–Crippen MR) is 116 cm³/mol. The number of esters is 1. The Kier molecular flexibility index (Phi) is 6.65. The molecule has 8 heteroatoms. The van der Waals surface area contributed by atoms with Crippen LogP contribution in [0, 0.1) is 21.4 Å². The first-order valence-corrected chi connectivity index (χ1v) is 9.31. The Morgan fingerprint density at radius 2 is 1.68 bits per heavy atom. The second-order valence-electron chi connectivity index (χ2n) is 6.28. The summed E-state index contributed by atoms with van der Waals surface area (Å²) in [7, 11) is 1.43. The van der Waals surface area contributed by atoms with Gasteiger partial charge in [-0.05, 0) is 53.6 Å². The van der Waals surface area contributed by atoms with E-state index in [9.17, 15) is 20.2 Å². The van der Waals surface area contributed by atoms with Crippen molar-refractivity contribution >= 4 is 34.9 Å².